The van der Waals surface area contributed by atoms with Crippen molar-refractivity contribution in [3.8, 4) is 10.4 Å². The van der Waals surface area contributed by atoms with Gasteiger partial charge in [0, 0.05) is 23.9 Å². The molecule has 3 rings (SSSR count). The van der Waals surface area contributed by atoms with E-state index < -0.39 is 23.7 Å². The van der Waals surface area contributed by atoms with Crippen molar-refractivity contribution in [3.05, 3.63) is 71.3 Å². The van der Waals surface area contributed by atoms with Gasteiger partial charge in [0.15, 0.2) is 6.29 Å². The van der Waals surface area contributed by atoms with E-state index in [0.717, 1.165) is 17.8 Å². The van der Waals surface area contributed by atoms with Gasteiger partial charge in [-0.2, -0.15) is 13.2 Å². The van der Waals surface area contributed by atoms with Crippen LogP contribution in [0.15, 0.2) is 54.6 Å². The SMILES string of the molecule is CCOC(=O)c1cc(-c2ccc(C(F)(F)F)cc2)sc1NC.CSNc1cccc(C(=O)OCC=O)c1. The number of nitrogens with one attached hydrogen (secondary N) is 2. The van der Waals surface area contributed by atoms with Crippen LogP contribution in [0, 0.1) is 0 Å². The van der Waals surface area contributed by atoms with Gasteiger partial charge in [0.1, 0.15) is 11.6 Å². The lowest BCUT2D eigenvalue weighted by Crippen LogP contribution is -2.07. The normalized spacial score (nSPS) is 10.5. The Balaban J connectivity index is 0.000000281. The van der Waals surface area contributed by atoms with E-state index in [0.29, 0.717) is 32.9 Å². The molecule has 0 bridgehead atoms. The minimum absolute atomic E-state index is 0.209. The number of aldehydes is 1. The smallest absolute Gasteiger partial charge is 0.416 e. The number of hydrogen-bond acceptors (Lipinski definition) is 9. The van der Waals surface area contributed by atoms with Crippen molar-refractivity contribution in [2.24, 2.45) is 0 Å². The zero-order valence-corrected chi connectivity index (χ0v) is 21.8. The lowest BCUT2D eigenvalue weighted by molar-refractivity contribution is -0.137. The van der Waals surface area contributed by atoms with Gasteiger partial charge < -0.3 is 19.5 Å². The molecule has 2 aromatic carbocycles. The van der Waals surface area contributed by atoms with Crippen LogP contribution in [0.25, 0.3) is 10.4 Å². The van der Waals surface area contributed by atoms with E-state index in [9.17, 15) is 27.6 Å². The van der Waals surface area contributed by atoms with Crippen LogP contribution < -0.4 is 10.0 Å². The van der Waals surface area contributed by atoms with E-state index in [2.05, 4.69) is 14.8 Å². The number of esters is 2. The van der Waals surface area contributed by atoms with Gasteiger partial charge in [0.05, 0.1) is 23.3 Å². The number of halogens is 3. The summed E-state index contributed by atoms with van der Waals surface area (Å²) in [6.07, 6.45) is -1.93. The molecular formula is C25H25F3N2O5S2. The molecule has 1 aromatic heterocycles. The summed E-state index contributed by atoms with van der Waals surface area (Å²) in [4.78, 5) is 33.9. The molecule has 0 atom stereocenters. The molecule has 0 radical (unpaired) electrons. The van der Waals surface area contributed by atoms with Crippen molar-refractivity contribution in [3.63, 3.8) is 0 Å². The van der Waals surface area contributed by atoms with E-state index in [1.54, 1.807) is 38.2 Å². The van der Waals surface area contributed by atoms with Gasteiger partial charge >= 0.3 is 18.1 Å². The molecule has 0 spiro atoms. The summed E-state index contributed by atoms with van der Waals surface area (Å²) >= 11 is 2.72. The molecule has 0 unspecified atom stereocenters. The van der Waals surface area contributed by atoms with Crippen LogP contribution in [0.2, 0.25) is 0 Å². The Labute approximate surface area is 220 Å². The second-order valence-corrected chi connectivity index (χ2v) is 8.72. The van der Waals surface area contributed by atoms with E-state index in [-0.39, 0.29) is 13.2 Å². The first kappa shape index (κ1) is 29.7. The molecule has 198 valence electrons. The quantitative estimate of drug-likeness (QED) is 0.179. The average Bonchev–Trinajstić information content (AvgIpc) is 3.32. The summed E-state index contributed by atoms with van der Waals surface area (Å²) < 4.78 is 50.3. The molecule has 0 saturated carbocycles. The third-order valence-electron chi connectivity index (χ3n) is 4.55. The Morgan fingerprint density at radius 3 is 2.32 bits per heavy atom. The maximum absolute atomic E-state index is 12.6. The van der Waals surface area contributed by atoms with E-state index in [1.165, 1.54) is 35.4 Å². The summed E-state index contributed by atoms with van der Waals surface area (Å²) in [5.74, 6) is -0.951. The first-order chi connectivity index (χ1) is 17.6. The zero-order valence-electron chi connectivity index (χ0n) is 20.2. The fourth-order valence-electron chi connectivity index (χ4n) is 2.92. The summed E-state index contributed by atoms with van der Waals surface area (Å²) in [5.41, 5.74) is 1.54. The Morgan fingerprint density at radius 1 is 1.05 bits per heavy atom. The molecule has 12 heteroatoms. The zero-order chi connectivity index (χ0) is 27.4. The standard InChI is InChI=1S/C15H14F3NO2S.C10H11NO3S/c1-3-21-14(20)11-8-12(22-13(11)19-2)9-4-6-10(7-5-9)15(16,17)18;1-15-11-9-4-2-3-8(7-9)10(13)14-6-5-12/h4-8,19H,3H2,1-2H3;2-5,7,11H,6H2,1H3. The summed E-state index contributed by atoms with van der Waals surface area (Å²) in [7, 11) is 1.67. The van der Waals surface area contributed by atoms with Crippen molar-refractivity contribution in [1.29, 1.82) is 0 Å². The van der Waals surface area contributed by atoms with Gasteiger partial charge in [-0.05, 0) is 48.9 Å². The van der Waals surface area contributed by atoms with E-state index >= 15 is 0 Å². The molecule has 2 N–H and O–H groups in total. The molecule has 37 heavy (non-hydrogen) atoms. The van der Waals surface area contributed by atoms with Crippen LogP contribution in [0.1, 0.15) is 33.2 Å². The number of thiophene rings is 1. The number of hydrogen-bond donors (Lipinski definition) is 2. The number of carbonyl (C=O) groups is 3. The Kier molecular flexibility index (Phi) is 11.5. The third kappa shape index (κ3) is 8.83. The first-order valence-electron chi connectivity index (χ1n) is 10.8. The number of ether oxygens (including phenoxy) is 2. The van der Waals surface area contributed by atoms with Crippen LogP contribution in [-0.2, 0) is 20.4 Å². The number of carbonyl (C=O) groups excluding carboxylic acids is 3. The highest BCUT2D eigenvalue weighted by molar-refractivity contribution is 7.99. The molecule has 0 aliphatic heterocycles. The van der Waals surface area contributed by atoms with Crippen molar-refractivity contribution in [1.82, 2.24) is 0 Å². The molecule has 3 aromatic rings. The lowest BCUT2D eigenvalue weighted by Gasteiger charge is -2.06. The molecule has 0 aliphatic carbocycles. The monoisotopic (exact) mass is 554 g/mol. The largest absolute Gasteiger partial charge is 0.462 e. The minimum atomic E-state index is -4.36. The molecule has 1 heterocycles. The maximum Gasteiger partial charge on any atom is 0.416 e. The average molecular weight is 555 g/mol. The van der Waals surface area contributed by atoms with E-state index in [4.69, 9.17) is 4.74 Å². The van der Waals surface area contributed by atoms with Gasteiger partial charge in [0.2, 0.25) is 0 Å². The van der Waals surface area contributed by atoms with Gasteiger partial charge in [-0.1, -0.05) is 30.1 Å². The molecule has 0 saturated heterocycles. The number of alkyl halides is 3. The molecule has 0 amide bonds. The summed E-state index contributed by atoms with van der Waals surface area (Å²) in [6, 6.07) is 13.4. The van der Waals surface area contributed by atoms with Crippen molar-refractivity contribution >= 4 is 52.2 Å². The lowest BCUT2D eigenvalue weighted by atomic mass is 10.1. The van der Waals surface area contributed by atoms with Crippen molar-refractivity contribution < 1.29 is 37.0 Å². The number of anilines is 2. The number of rotatable bonds is 9. The Bertz CT molecular complexity index is 1200. The second-order valence-electron chi connectivity index (χ2n) is 7.05. The van der Waals surface area contributed by atoms with Gasteiger partial charge in [-0.15, -0.1) is 11.3 Å². The summed E-state index contributed by atoms with van der Waals surface area (Å²) in [5, 5.41) is 3.52. The van der Waals surface area contributed by atoms with Crippen LogP contribution in [0.4, 0.5) is 23.9 Å². The maximum atomic E-state index is 12.6. The first-order valence-corrected chi connectivity index (χ1v) is 12.8. The van der Waals surface area contributed by atoms with Crippen molar-refractivity contribution in [2.75, 3.05) is 36.6 Å². The molecule has 0 fully saturated rings. The Hall–Kier alpha value is -3.51. The van der Waals surface area contributed by atoms with Crippen LogP contribution in [0.5, 0.6) is 0 Å². The van der Waals surface area contributed by atoms with Crippen LogP contribution >= 0.6 is 23.3 Å². The highest BCUT2D eigenvalue weighted by Gasteiger charge is 2.30. The predicted molar refractivity (Wildman–Crippen MR) is 140 cm³/mol. The fraction of sp³-hybridized carbons (Fsp3) is 0.240. The third-order valence-corrected chi connectivity index (χ3v) is 6.19. The van der Waals surface area contributed by atoms with Gasteiger partial charge in [0.25, 0.3) is 0 Å². The highest BCUT2D eigenvalue weighted by Crippen LogP contribution is 2.37. The highest BCUT2D eigenvalue weighted by atomic mass is 32.2. The number of benzene rings is 2. The minimum Gasteiger partial charge on any atom is -0.462 e. The Morgan fingerprint density at radius 2 is 1.76 bits per heavy atom. The topological polar surface area (TPSA) is 93.7 Å². The summed E-state index contributed by atoms with van der Waals surface area (Å²) in [6.45, 7) is 1.76. The fourth-order valence-corrected chi connectivity index (χ4v) is 4.29. The van der Waals surface area contributed by atoms with Crippen molar-refractivity contribution in [2.45, 2.75) is 13.1 Å². The van der Waals surface area contributed by atoms with Gasteiger partial charge in [-0.25, -0.2) is 9.59 Å². The molecule has 7 nitrogen and oxygen atoms in total. The second kappa shape index (κ2) is 14.3. The molecular weight excluding hydrogens is 529 g/mol. The van der Waals surface area contributed by atoms with Gasteiger partial charge in [-0.3, -0.25) is 4.79 Å². The predicted octanol–water partition coefficient (Wildman–Crippen LogP) is 6.38. The molecule has 0 aliphatic rings. The van der Waals surface area contributed by atoms with Crippen LogP contribution in [0.3, 0.4) is 0 Å². The van der Waals surface area contributed by atoms with Crippen LogP contribution in [-0.4, -0.2) is 44.7 Å². The van der Waals surface area contributed by atoms with E-state index in [1.807, 2.05) is 12.3 Å².